The molecule has 1 aliphatic heterocycles. The van der Waals surface area contributed by atoms with Gasteiger partial charge in [-0.3, -0.25) is 4.57 Å². The molecule has 2 N–H and O–H groups in total. The number of anilines is 2. The lowest BCUT2D eigenvalue weighted by atomic mass is 10.4. The van der Waals surface area contributed by atoms with E-state index >= 15 is 0 Å². The molecule has 0 radical (unpaired) electrons. The Morgan fingerprint density at radius 1 is 1.41 bits per heavy atom. The van der Waals surface area contributed by atoms with Crippen LogP contribution in [0, 0.1) is 0 Å². The molecule has 122 valence electrons. The molecule has 2 rings (SSSR count). The normalized spacial score (nSPS) is 14.7. The summed E-state index contributed by atoms with van der Waals surface area (Å²) in [5.41, 5.74) is 5.63. The highest BCUT2D eigenvalue weighted by atomic mass is 32.2. The molecule has 0 aromatic carbocycles. The number of hydrogen-bond donors (Lipinski definition) is 1. The van der Waals surface area contributed by atoms with Crippen molar-refractivity contribution in [3.63, 3.8) is 0 Å². The number of nitrogen functional groups attached to an aromatic ring is 1. The zero-order valence-corrected chi connectivity index (χ0v) is 14.5. The Kier molecular flexibility index (Phi) is 6.26. The number of aromatic nitrogens is 2. The molecule has 9 heteroatoms. The molecule has 0 unspecified atom stereocenters. The van der Waals surface area contributed by atoms with Gasteiger partial charge in [0.2, 0.25) is 5.95 Å². The SMILES string of the molecule is CCOP(=O)(C/C=C/CN1CSc2cnc(N)nc21)OCC. The Balaban J connectivity index is 1.91. The topological polar surface area (TPSA) is 90.6 Å². The average molecular weight is 344 g/mol. The molecule has 22 heavy (non-hydrogen) atoms. The Bertz CT molecular complexity index is 574. The number of thioether (sulfide) groups is 1. The summed E-state index contributed by atoms with van der Waals surface area (Å²) in [7, 11) is -3.01. The molecule has 0 saturated carbocycles. The predicted molar refractivity (Wildman–Crippen MR) is 89.4 cm³/mol. The first-order valence-corrected chi connectivity index (χ1v) is 9.82. The van der Waals surface area contributed by atoms with E-state index in [-0.39, 0.29) is 12.1 Å². The zero-order chi connectivity index (χ0) is 16.0. The standard InChI is InChI=1S/C13H21N4O3PS/c1-3-19-21(18,20-4-2)8-6-5-7-17-10-22-11-9-15-13(14)16-12(11)17/h5-6,9H,3-4,7-8,10H2,1-2H3,(H2,14,15,16)/b6-5+. The lowest BCUT2D eigenvalue weighted by Crippen LogP contribution is -2.20. The highest BCUT2D eigenvalue weighted by Crippen LogP contribution is 2.47. The zero-order valence-electron chi connectivity index (χ0n) is 12.8. The van der Waals surface area contributed by atoms with Crippen molar-refractivity contribution in [2.45, 2.75) is 18.7 Å². The van der Waals surface area contributed by atoms with Crippen molar-refractivity contribution in [3.8, 4) is 0 Å². The van der Waals surface area contributed by atoms with Gasteiger partial charge in [0.15, 0.2) is 0 Å². The van der Waals surface area contributed by atoms with Crippen LogP contribution >= 0.6 is 19.4 Å². The van der Waals surface area contributed by atoms with E-state index in [1.54, 1.807) is 31.8 Å². The minimum Gasteiger partial charge on any atom is -0.368 e. The first-order valence-electron chi connectivity index (χ1n) is 7.11. The largest absolute Gasteiger partial charge is 0.368 e. The summed E-state index contributed by atoms with van der Waals surface area (Å²) in [6.07, 6.45) is 5.79. The maximum atomic E-state index is 12.3. The van der Waals surface area contributed by atoms with Crippen LogP contribution in [0.4, 0.5) is 11.8 Å². The Morgan fingerprint density at radius 3 is 2.82 bits per heavy atom. The number of hydrogen-bond acceptors (Lipinski definition) is 8. The molecule has 1 aromatic heterocycles. The van der Waals surface area contributed by atoms with Crippen molar-refractivity contribution in [2.75, 3.05) is 42.4 Å². The van der Waals surface area contributed by atoms with Crippen molar-refractivity contribution < 1.29 is 13.6 Å². The fourth-order valence-corrected chi connectivity index (χ4v) is 4.43. The first-order chi connectivity index (χ1) is 10.6. The summed E-state index contributed by atoms with van der Waals surface area (Å²) in [5, 5.41) is 0. The van der Waals surface area contributed by atoms with Crippen LogP contribution in [0.2, 0.25) is 0 Å². The highest BCUT2D eigenvalue weighted by molar-refractivity contribution is 7.99. The Labute approximate surface area is 134 Å². The molecule has 2 heterocycles. The van der Waals surface area contributed by atoms with Crippen LogP contribution in [0.3, 0.4) is 0 Å². The third-order valence-electron chi connectivity index (χ3n) is 2.90. The van der Waals surface area contributed by atoms with Gasteiger partial charge in [-0.15, -0.1) is 0 Å². The van der Waals surface area contributed by atoms with Crippen molar-refractivity contribution in [1.29, 1.82) is 0 Å². The van der Waals surface area contributed by atoms with Crippen LogP contribution in [0.25, 0.3) is 0 Å². The summed E-state index contributed by atoms with van der Waals surface area (Å²) < 4.78 is 22.8. The molecule has 0 aliphatic carbocycles. The smallest absolute Gasteiger partial charge is 0.334 e. The van der Waals surface area contributed by atoms with Crippen molar-refractivity contribution in [1.82, 2.24) is 9.97 Å². The second kappa shape index (κ2) is 7.97. The van der Waals surface area contributed by atoms with E-state index < -0.39 is 7.60 Å². The maximum Gasteiger partial charge on any atom is 0.334 e. The lowest BCUT2D eigenvalue weighted by Gasteiger charge is -2.16. The molecular formula is C13H21N4O3PS. The van der Waals surface area contributed by atoms with Crippen LogP contribution in [0.1, 0.15) is 13.8 Å². The predicted octanol–water partition coefficient (Wildman–Crippen LogP) is 2.75. The van der Waals surface area contributed by atoms with Gasteiger partial charge in [0.05, 0.1) is 30.1 Å². The van der Waals surface area contributed by atoms with Crippen LogP contribution in [-0.4, -0.2) is 41.8 Å². The second-order valence-corrected chi connectivity index (χ2v) is 7.60. The Hall–Kier alpha value is -1.08. The first kappa shape index (κ1) is 17.3. The van der Waals surface area contributed by atoms with Gasteiger partial charge in [-0.25, -0.2) is 4.98 Å². The van der Waals surface area contributed by atoms with Crippen molar-refractivity contribution in [3.05, 3.63) is 18.3 Å². The summed E-state index contributed by atoms with van der Waals surface area (Å²) in [4.78, 5) is 11.4. The lowest BCUT2D eigenvalue weighted by molar-refractivity contribution is 0.222. The number of rotatable bonds is 8. The van der Waals surface area contributed by atoms with Gasteiger partial charge in [-0.1, -0.05) is 23.9 Å². The fraction of sp³-hybridized carbons (Fsp3) is 0.538. The van der Waals surface area contributed by atoms with Gasteiger partial charge in [-0.2, -0.15) is 4.98 Å². The number of nitrogens with zero attached hydrogens (tertiary/aromatic N) is 3. The molecule has 0 bridgehead atoms. The molecule has 0 spiro atoms. The molecule has 0 fully saturated rings. The van der Waals surface area contributed by atoms with E-state index in [1.165, 1.54) is 0 Å². The Morgan fingerprint density at radius 2 is 2.14 bits per heavy atom. The molecular weight excluding hydrogens is 323 g/mol. The minimum atomic E-state index is -3.01. The molecule has 1 aromatic rings. The van der Waals surface area contributed by atoms with Crippen LogP contribution in [0.5, 0.6) is 0 Å². The maximum absolute atomic E-state index is 12.3. The van der Waals surface area contributed by atoms with Crippen molar-refractivity contribution in [2.24, 2.45) is 0 Å². The van der Waals surface area contributed by atoms with Gasteiger partial charge >= 0.3 is 7.60 Å². The summed E-state index contributed by atoms with van der Waals surface area (Å²) >= 11 is 1.67. The van der Waals surface area contributed by atoms with Gasteiger partial charge in [-0.05, 0) is 13.8 Å². The number of nitrogens with two attached hydrogens (primary N) is 1. The molecule has 1 aliphatic rings. The van der Waals surface area contributed by atoms with Crippen LogP contribution < -0.4 is 10.6 Å². The van der Waals surface area contributed by atoms with Crippen LogP contribution in [0.15, 0.2) is 23.2 Å². The summed E-state index contributed by atoms with van der Waals surface area (Å²) in [6.45, 7) is 5.01. The quantitative estimate of drug-likeness (QED) is 0.569. The van der Waals surface area contributed by atoms with E-state index in [4.69, 9.17) is 14.8 Å². The van der Waals surface area contributed by atoms with E-state index in [0.29, 0.717) is 19.8 Å². The van der Waals surface area contributed by atoms with Gasteiger partial charge in [0.25, 0.3) is 0 Å². The third kappa shape index (κ3) is 4.46. The van der Waals surface area contributed by atoms with Gasteiger partial charge < -0.3 is 19.7 Å². The summed E-state index contributed by atoms with van der Waals surface area (Å²) in [6, 6.07) is 0. The molecule has 7 nitrogen and oxygen atoms in total. The molecule has 0 saturated heterocycles. The third-order valence-corrected chi connectivity index (χ3v) is 5.90. The number of allylic oxidation sites excluding steroid dienone is 1. The molecule has 0 amide bonds. The van der Waals surface area contributed by atoms with E-state index in [1.807, 2.05) is 12.2 Å². The van der Waals surface area contributed by atoms with E-state index in [2.05, 4.69) is 14.9 Å². The molecule has 0 atom stereocenters. The average Bonchev–Trinajstić information content (AvgIpc) is 2.86. The fourth-order valence-electron chi connectivity index (χ4n) is 1.99. The highest BCUT2D eigenvalue weighted by Gasteiger charge is 2.22. The van der Waals surface area contributed by atoms with Crippen molar-refractivity contribution >= 4 is 31.1 Å². The van der Waals surface area contributed by atoms with E-state index in [0.717, 1.165) is 16.6 Å². The van der Waals surface area contributed by atoms with Crippen LogP contribution in [-0.2, 0) is 13.6 Å². The minimum absolute atomic E-state index is 0.271. The van der Waals surface area contributed by atoms with E-state index in [9.17, 15) is 4.57 Å². The summed E-state index contributed by atoms with van der Waals surface area (Å²) in [5.74, 6) is 1.92. The number of fused-ring (bicyclic) bond motifs is 1. The monoisotopic (exact) mass is 344 g/mol. The second-order valence-electron chi connectivity index (χ2n) is 4.51. The van der Waals surface area contributed by atoms with Gasteiger partial charge in [0.1, 0.15) is 5.82 Å². The van der Waals surface area contributed by atoms with Gasteiger partial charge in [0, 0.05) is 12.7 Å².